The largest absolute Gasteiger partial charge is 0.499 e. The predicted molar refractivity (Wildman–Crippen MR) is 375 cm³/mol. The molecule has 35 nitrogen and oxygen atoms in total. The first-order valence-electron chi connectivity index (χ1n) is 31.7. The number of aromatic nitrogens is 7. The average Bonchev–Trinajstić information content (AvgIpc) is 1.61. The lowest BCUT2D eigenvalue weighted by molar-refractivity contribution is -0.280. The second kappa shape index (κ2) is 30.5. The Morgan fingerprint density at radius 3 is 2.25 bits per heavy atom. The molecule has 1 aromatic carbocycles. The number of benzene rings is 1. The number of likely N-dealkylation sites (N-methyl/N-ethyl adjacent to an activating group) is 1. The Labute approximate surface area is 615 Å². The number of rotatable bonds is 14. The summed E-state index contributed by atoms with van der Waals surface area (Å²) in [6, 6.07) is 0.586. The quantitative estimate of drug-likeness (QED) is 0.0185. The monoisotopic (exact) mass is 1560 g/mol. The Hall–Kier alpha value is -9.63. The minimum absolute atomic E-state index is 0.000222. The molecule has 11 heterocycles. The molecule has 105 heavy (non-hydrogen) atoms. The Balaban J connectivity index is 1.06. The van der Waals surface area contributed by atoms with Crippen LogP contribution in [0.3, 0.4) is 0 Å². The normalized spacial score (nSPS) is 23.3. The highest BCUT2D eigenvalue weighted by Crippen LogP contribution is 2.44. The summed E-state index contributed by atoms with van der Waals surface area (Å²) in [6.45, 7) is 7.17. The molecule has 12 bridgehead atoms. The van der Waals surface area contributed by atoms with E-state index in [2.05, 4.69) is 48.1 Å². The molecule has 41 heteroatoms. The molecule has 4 aliphatic rings. The van der Waals surface area contributed by atoms with Gasteiger partial charge in [-0.2, -0.15) is 13.1 Å². The van der Waals surface area contributed by atoms with Crippen LogP contribution in [0.2, 0.25) is 0 Å². The van der Waals surface area contributed by atoms with E-state index in [1.54, 1.807) is 45.0 Å². The highest BCUT2D eigenvalue weighted by molar-refractivity contribution is 7.85. The SMILES string of the molecule is C=C(NC(=O)c1csc(-c2nc3c(cc2OCCCS(=O)(=O)O)-c2nc(cs2)C(=O)N[C@@H]([C@@H](C)O)C(=O)N/C(=C(\C)OC)c2nc(cs2)C(=O)N[C@@H]2c4nc(cs4)C(=O)N[C@@H](COC(=O)c4c5c6c(cccc6n4O)COC(=O)[C@@H](O[C@H]4C[C@](C)(O)C(N(C)C)[C@H](C)O4)[C@H]2OC5)c2nc-3cs2)n1)C(N)=O. The number of pyridine rings is 1. The van der Waals surface area contributed by atoms with Crippen LogP contribution < -0.4 is 37.1 Å². The van der Waals surface area contributed by atoms with E-state index in [0.717, 1.165) is 56.7 Å². The van der Waals surface area contributed by atoms with Crippen molar-refractivity contribution in [2.75, 3.05) is 40.2 Å². The highest BCUT2D eigenvalue weighted by atomic mass is 32.2. The van der Waals surface area contributed by atoms with Crippen molar-refractivity contribution in [1.82, 2.24) is 66.1 Å². The van der Waals surface area contributed by atoms with Crippen molar-refractivity contribution in [3.8, 4) is 38.4 Å². The maximum absolute atomic E-state index is 15.2. The van der Waals surface area contributed by atoms with E-state index in [1.165, 1.54) is 60.0 Å². The van der Waals surface area contributed by atoms with Crippen LogP contribution >= 0.6 is 56.7 Å². The number of aliphatic hydroxyl groups excluding tert-OH is 1. The number of nitrogens with zero attached hydrogens (tertiary/aromatic N) is 8. The Kier molecular flexibility index (Phi) is 21.8. The molecule has 0 saturated carbocycles. The molecule has 8 aromatic rings. The van der Waals surface area contributed by atoms with E-state index in [9.17, 15) is 47.6 Å². The Morgan fingerprint density at radius 2 is 1.54 bits per heavy atom. The minimum atomic E-state index is -4.50. The van der Waals surface area contributed by atoms with E-state index in [0.29, 0.717) is 4.73 Å². The van der Waals surface area contributed by atoms with E-state index < -0.39 is 155 Å². The maximum atomic E-state index is 15.2. The first kappa shape index (κ1) is 75.1. The number of ether oxygens (including phenoxy) is 7. The molecule has 0 spiro atoms. The van der Waals surface area contributed by atoms with Crippen LogP contribution in [0, 0.1) is 0 Å². The fourth-order valence-corrected chi connectivity index (χ4v) is 16.9. The van der Waals surface area contributed by atoms with Gasteiger partial charge in [-0.05, 0) is 65.9 Å². The van der Waals surface area contributed by atoms with Gasteiger partial charge in [-0.3, -0.25) is 33.3 Å². The van der Waals surface area contributed by atoms with Gasteiger partial charge in [-0.15, -0.1) is 56.7 Å². The van der Waals surface area contributed by atoms with Gasteiger partial charge in [0.05, 0.1) is 61.1 Å². The number of thiazole rings is 5. The number of hydrogen-bond acceptors (Lipinski definition) is 32. The van der Waals surface area contributed by atoms with Crippen LogP contribution in [0.25, 0.3) is 49.3 Å². The summed E-state index contributed by atoms with van der Waals surface area (Å²) >= 11 is 4.35. The van der Waals surface area contributed by atoms with E-state index >= 15 is 19.2 Å². The number of aliphatic hydroxyl groups is 2. The number of fused-ring (bicyclic) bond motifs is 15. The summed E-state index contributed by atoms with van der Waals surface area (Å²) < 4.78 is 77.9. The van der Waals surface area contributed by atoms with Crippen molar-refractivity contribution in [2.45, 2.75) is 114 Å². The van der Waals surface area contributed by atoms with Crippen LogP contribution in [0.15, 0.2) is 69.2 Å². The third-order valence-electron chi connectivity index (χ3n) is 17.1. The smallest absolute Gasteiger partial charge is 0.358 e. The summed E-state index contributed by atoms with van der Waals surface area (Å²) in [7, 11) is 0.305. The number of carbonyl (C=O) groups is 8. The zero-order chi connectivity index (χ0) is 75.2. The Morgan fingerprint density at radius 1 is 0.876 bits per heavy atom. The predicted octanol–water partition coefficient (Wildman–Crippen LogP) is 3.84. The molecule has 7 aromatic heterocycles. The first-order valence-corrected chi connectivity index (χ1v) is 37.7. The van der Waals surface area contributed by atoms with Crippen LogP contribution in [0.4, 0.5) is 0 Å². The molecule has 6 amide bonds. The van der Waals surface area contributed by atoms with E-state index in [4.69, 9.17) is 53.8 Å². The fourth-order valence-electron chi connectivity index (χ4n) is 12.3. The maximum Gasteiger partial charge on any atom is 0.358 e. The molecule has 0 aliphatic carbocycles. The van der Waals surface area contributed by atoms with Crippen LogP contribution in [0.1, 0.15) is 131 Å². The lowest BCUT2D eigenvalue weighted by Crippen LogP contribution is -2.62. The van der Waals surface area contributed by atoms with Crippen molar-refractivity contribution in [3.63, 3.8) is 0 Å². The number of amides is 6. The van der Waals surface area contributed by atoms with Crippen molar-refractivity contribution in [3.05, 3.63) is 124 Å². The molecule has 1 fully saturated rings. The van der Waals surface area contributed by atoms with Gasteiger partial charge in [0.2, 0.25) is 5.91 Å². The van der Waals surface area contributed by atoms with Crippen LogP contribution in [-0.4, -0.2) is 204 Å². The number of carbonyl (C=O) groups excluding carboxylic acids is 8. The molecular formula is C64H66N14O21S6. The standard InChI is InChI=1S/C64H66N14O21S6/c1-25(51(65)80)66-52(81)34-22-103-60(71-34)45-39(94-13-10-14-105(90,91)92)15-30-44(73-45)33-20-101-58(68-33)32-19-97-62(86)47-31-18-95-48(49(99-40-16-64(5,88)50(77(6)7)28(4)98-40)63(87)96-17-29-11-9-12-38(41(29)31)78(47)89)46(61-72-35(23-104-61)53(82)67-32)76-55(84)37-24-102-59(70-37)43(27(3)93-8)75-56(85)42(26(2)79)74-54(83)36-21-100-57(30)69-36/h9,11-12,15,20-24,26,28,32,40,42,46,48-50,79,88-89H,1,10,13-14,16-19H2,2-8H3,(H2,65,80)(H,66,81)(H,67,82)(H,74,83)(H,75,85)(H,76,84)(H,90,91,92)/b43-27+/t26-,28+,32+,40+,42+,46+,48+,49+,50?,64+/m1/s1. The highest BCUT2D eigenvalue weighted by Gasteiger charge is 2.50. The fraction of sp³-hybridized carbons (Fsp3) is 0.375. The van der Waals surface area contributed by atoms with Crippen LogP contribution in [0.5, 0.6) is 5.75 Å². The van der Waals surface area contributed by atoms with Gasteiger partial charge in [0.25, 0.3) is 39.7 Å². The van der Waals surface area contributed by atoms with Crippen molar-refractivity contribution in [1.29, 1.82) is 0 Å². The molecular weight excluding hydrogens is 1490 g/mol. The number of esters is 2. The number of nitrogens with two attached hydrogens (primary N) is 1. The molecule has 11 N–H and O–H groups in total. The van der Waals surface area contributed by atoms with Gasteiger partial charge in [-0.1, -0.05) is 18.7 Å². The lowest BCUT2D eigenvalue weighted by Gasteiger charge is -2.48. The van der Waals surface area contributed by atoms with Crippen molar-refractivity contribution >= 4 is 131 Å². The number of primary amides is 1. The zero-order valence-corrected chi connectivity index (χ0v) is 61.3. The number of hydrogen-bond donors (Lipinski definition) is 10. The van der Waals surface area contributed by atoms with Gasteiger partial charge in [0, 0.05) is 49.8 Å². The number of methoxy groups -OCH3 is 1. The molecule has 4 aliphatic heterocycles. The van der Waals surface area contributed by atoms with Gasteiger partial charge in [0.15, 0.2) is 18.1 Å². The minimum Gasteiger partial charge on any atom is -0.499 e. The topological polar surface area (TPSA) is 488 Å². The van der Waals surface area contributed by atoms with Crippen molar-refractivity contribution in [2.24, 2.45) is 5.73 Å². The van der Waals surface area contributed by atoms with Gasteiger partial charge >= 0.3 is 11.9 Å². The third-order valence-corrected chi connectivity index (χ3v) is 22.4. The Bertz CT molecular complexity index is 4960. The summed E-state index contributed by atoms with van der Waals surface area (Å²) in [5.41, 5.74) is 1.75. The molecule has 0 radical (unpaired) electrons. The van der Waals surface area contributed by atoms with Crippen molar-refractivity contribution < 1.29 is 99.9 Å². The molecule has 12 rings (SSSR count). The second-order valence-electron chi connectivity index (χ2n) is 24.8. The summed E-state index contributed by atoms with van der Waals surface area (Å²) in [6.07, 6.45) is -7.98. The van der Waals surface area contributed by atoms with Gasteiger partial charge in [-0.25, -0.2) is 39.5 Å². The molecule has 1 saturated heterocycles. The molecule has 10 atom stereocenters. The van der Waals surface area contributed by atoms with E-state index in [1.807, 2.05) is 0 Å². The van der Waals surface area contributed by atoms with Crippen LogP contribution in [-0.2, 0) is 66.1 Å². The van der Waals surface area contributed by atoms with E-state index in [-0.39, 0.29) is 129 Å². The molecule has 554 valence electrons. The average molecular weight is 1560 g/mol. The summed E-state index contributed by atoms with van der Waals surface area (Å²) in [4.78, 5) is 145. The van der Waals surface area contributed by atoms with Gasteiger partial charge < -0.3 is 85.8 Å². The summed E-state index contributed by atoms with van der Waals surface area (Å²) in [5, 5.41) is 55.5. The zero-order valence-electron chi connectivity index (χ0n) is 56.4. The number of nitrogens with one attached hydrogen (secondary N) is 5. The van der Waals surface area contributed by atoms with Gasteiger partial charge in [0.1, 0.15) is 120 Å². The molecule has 1 unspecified atom stereocenters. The number of cyclic esters (lactones) is 2. The first-order chi connectivity index (χ1) is 49.9. The number of allylic oxidation sites excluding steroid dienone is 1. The lowest BCUT2D eigenvalue weighted by atomic mass is 9.85. The summed E-state index contributed by atoms with van der Waals surface area (Å²) in [5.74, 6) is -8.91. The second-order valence-corrected chi connectivity index (χ2v) is 30.7. The third kappa shape index (κ3) is 15.9.